The number of rotatable bonds is 2. The van der Waals surface area contributed by atoms with Gasteiger partial charge >= 0.3 is 0 Å². The van der Waals surface area contributed by atoms with Gasteiger partial charge in [0.15, 0.2) is 0 Å². The molecule has 1 saturated carbocycles. The standard InChI is InChI=1S/C22H25ClN2/c1-16(17-9-7-10-19(23)14-17)24-21-22(12-5-2-6-13-22)15-18-8-3-4-11-20(18)25-21/h3-4,7-11,14,16H,2,5-6,12-13,15H2,1H3,(H,24,25). The third kappa shape index (κ3) is 3.32. The van der Waals surface area contributed by atoms with E-state index in [1.165, 1.54) is 54.8 Å². The lowest BCUT2D eigenvalue weighted by Crippen LogP contribution is -2.43. The van der Waals surface area contributed by atoms with E-state index in [0.717, 1.165) is 11.4 Å². The van der Waals surface area contributed by atoms with Crippen LogP contribution in [0.25, 0.3) is 0 Å². The van der Waals surface area contributed by atoms with Crippen molar-refractivity contribution in [3.8, 4) is 0 Å². The Kier molecular flexibility index (Phi) is 4.56. The molecular formula is C22H25ClN2. The van der Waals surface area contributed by atoms with E-state index in [-0.39, 0.29) is 11.5 Å². The minimum Gasteiger partial charge on any atom is -0.343 e. The van der Waals surface area contributed by atoms with Crippen LogP contribution in [-0.2, 0) is 6.42 Å². The van der Waals surface area contributed by atoms with Crippen molar-refractivity contribution < 1.29 is 0 Å². The van der Waals surface area contributed by atoms with Crippen LogP contribution in [0.1, 0.15) is 56.2 Å². The van der Waals surface area contributed by atoms with Gasteiger partial charge in [0.25, 0.3) is 0 Å². The van der Waals surface area contributed by atoms with Crippen molar-refractivity contribution in [1.29, 1.82) is 0 Å². The molecule has 1 heterocycles. The third-order valence-electron chi connectivity index (χ3n) is 5.77. The van der Waals surface area contributed by atoms with Gasteiger partial charge in [0.1, 0.15) is 5.84 Å². The predicted molar refractivity (Wildman–Crippen MR) is 107 cm³/mol. The summed E-state index contributed by atoms with van der Waals surface area (Å²) in [6.45, 7) is 2.16. The summed E-state index contributed by atoms with van der Waals surface area (Å²) in [7, 11) is 0. The first kappa shape index (κ1) is 16.7. The maximum atomic E-state index is 6.18. The molecule has 25 heavy (non-hydrogen) atoms. The second-order valence-electron chi connectivity index (χ2n) is 7.51. The molecule has 4 rings (SSSR count). The summed E-state index contributed by atoms with van der Waals surface area (Å²) < 4.78 is 0. The lowest BCUT2D eigenvalue weighted by Gasteiger charge is -2.43. The van der Waals surface area contributed by atoms with E-state index in [1.807, 2.05) is 18.2 Å². The van der Waals surface area contributed by atoms with Crippen LogP contribution in [0.15, 0.2) is 53.5 Å². The molecule has 0 saturated heterocycles. The van der Waals surface area contributed by atoms with E-state index in [9.17, 15) is 0 Å². The molecule has 0 amide bonds. The number of halogens is 1. The zero-order valence-electron chi connectivity index (χ0n) is 14.8. The van der Waals surface area contributed by atoms with Crippen LogP contribution in [0.4, 0.5) is 5.69 Å². The fraction of sp³-hybridized carbons (Fsp3) is 0.409. The smallest absolute Gasteiger partial charge is 0.108 e. The van der Waals surface area contributed by atoms with Gasteiger partial charge in [0.05, 0.1) is 6.04 Å². The van der Waals surface area contributed by atoms with Crippen LogP contribution in [0.2, 0.25) is 5.02 Å². The third-order valence-corrected chi connectivity index (χ3v) is 6.00. The van der Waals surface area contributed by atoms with E-state index >= 15 is 0 Å². The molecule has 0 bridgehead atoms. The Morgan fingerprint density at radius 3 is 2.64 bits per heavy atom. The Balaban J connectivity index is 1.72. The maximum absolute atomic E-state index is 6.18. The van der Waals surface area contributed by atoms with Crippen LogP contribution in [0.5, 0.6) is 0 Å². The van der Waals surface area contributed by atoms with Crippen LogP contribution in [0, 0.1) is 5.41 Å². The number of benzene rings is 2. The van der Waals surface area contributed by atoms with Crippen molar-refractivity contribution in [1.82, 2.24) is 0 Å². The molecule has 1 aliphatic carbocycles. The van der Waals surface area contributed by atoms with E-state index < -0.39 is 0 Å². The van der Waals surface area contributed by atoms with E-state index in [4.69, 9.17) is 16.6 Å². The Bertz CT molecular complexity index is 790. The first-order chi connectivity index (χ1) is 12.2. The molecule has 1 fully saturated rings. The van der Waals surface area contributed by atoms with Gasteiger partial charge in [-0.05, 0) is 55.5 Å². The van der Waals surface area contributed by atoms with Crippen LogP contribution >= 0.6 is 11.6 Å². The van der Waals surface area contributed by atoms with E-state index in [0.29, 0.717) is 0 Å². The average molecular weight is 353 g/mol. The van der Waals surface area contributed by atoms with Crippen molar-refractivity contribution in [2.45, 2.75) is 51.5 Å². The molecule has 1 atom stereocenters. The van der Waals surface area contributed by atoms with Gasteiger partial charge in [0, 0.05) is 16.1 Å². The lowest BCUT2D eigenvalue weighted by atomic mass is 9.67. The zero-order chi connectivity index (χ0) is 17.3. The molecule has 0 radical (unpaired) electrons. The molecule has 2 aromatic rings. The van der Waals surface area contributed by atoms with Gasteiger partial charge in [-0.3, -0.25) is 4.99 Å². The van der Waals surface area contributed by atoms with Gasteiger partial charge in [-0.25, -0.2) is 0 Å². The number of aliphatic imine (C=N–C) groups is 1. The number of amidine groups is 1. The number of nitrogens with zero attached hydrogens (tertiary/aromatic N) is 1. The minimum atomic E-state index is 0.102. The summed E-state index contributed by atoms with van der Waals surface area (Å²) in [5, 5.41) is 4.47. The second-order valence-corrected chi connectivity index (χ2v) is 7.95. The fourth-order valence-corrected chi connectivity index (χ4v) is 4.55. The molecule has 3 heteroatoms. The number of nitrogens with one attached hydrogen (secondary N) is 1. The average Bonchev–Trinajstić information content (AvgIpc) is 2.63. The molecule has 1 spiro atoms. The molecule has 1 unspecified atom stereocenters. The summed E-state index contributed by atoms with van der Waals surface area (Å²) in [4.78, 5) is 5.17. The number of para-hydroxylation sites is 1. The van der Waals surface area contributed by atoms with E-state index in [2.05, 4.69) is 42.6 Å². The quantitative estimate of drug-likeness (QED) is 0.662. The highest BCUT2D eigenvalue weighted by molar-refractivity contribution is 6.30. The SMILES string of the molecule is CC(N=C1Nc2ccccc2CC12CCCCC2)c1cccc(Cl)c1. The minimum absolute atomic E-state index is 0.102. The van der Waals surface area contributed by atoms with Gasteiger partial charge in [0.2, 0.25) is 0 Å². The highest BCUT2D eigenvalue weighted by atomic mass is 35.5. The molecule has 130 valence electrons. The van der Waals surface area contributed by atoms with Crippen molar-refractivity contribution in [2.75, 3.05) is 5.32 Å². The number of fused-ring (bicyclic) bond motifs is 1. The van der Waals surface area contributed by atoms with Gasteiger partial charge in [-0.1, -0.05) is 61.2 Å². The second kappa shape index (κ2) is 6.84. The summed E-state index contributed by atoms with van der Waals surface area (Å²) in [6.07, 6.45) is 7.52. The Labute approximate surface area is 155 Å². The summed E-state index contributed by atoms with van der Waals surface area (Å²) in [5.74, 6) is 1.18. The summed E-state index contributed by atoms with van der Waals surface area (Å²) in [5.41, 5.74) is 4.00. The maximum Gasteiger partial charge on any atom is 0.108 e. The molecule has 2 nitrogen and oxygen atoms in total. The molecule has 1 aliphatic heterocycles. The predicted octanol–water partition coefficient (Wildman–Crippen LogP) is 6.42. The largest absolute Gasteiger partial charge is 0.343 e. The van der Waals surface area contributed by atoms with Crippen LogP contribution in [0.3, 0.4) is 0 Å². The highest BCUT2D eigenvalue weighted by Gasteiger charge is 2.41. The van der Waals surface area contributed by atoms with Gasteiger partial charge in [-0.15, -0.1) is 0 Å². The monoisotopic (exact) mass is 352 g/mol. The Morgan fingerprint density at radius 1 is 1.04 bits per heavy atom. The fourth-order valence-electron chi connectivity index (χ4n) is 4.35. The highest BCUT2D eigenvalue weighted by Crippen LogP contribution is 2.45. The first-order valence-corrected chi connectivity index (χ1v) is 9.73. The Hall–Kier alpha value is -1.80. The van der Waals surface area contributed by atoms with Crippen molar-refractivity contribution in [3.05, 3.63) is 64.7 Å². The number of hydrogen-bond donors (Lipinski definition) is 1. The molecule has 0 aromatic heterocycles. The summed E-state index contributed by atoms with van der Waals surface area (Å²) >= 11 is 6.18. The van der Waals surface area contributed by atoms with E-state index in [1.54, 1.807) is 0 Å². The van der Waals surface area contributed by atoms with Crippen molar-refractivity contribution >= 4 is 23.1 Å². The molecule has 2 aliphatic rings. The molecular weight excluding hydrogens is 328 g/mol. The normalized spacial score (nSPS) is 21.6. The van der Waals surface area contributed by atoms with Crippen molar-refractivity contribution in [3.63, 3.8) is 0 Å². The summed E-state index contributed by atoms with van der Waals surface area (Å²) in [6, 6.07) is 16.9. The molecule has 2 aromatic carbocycles. The lowest BCUT2D eigenvalue weighted by molar-refractivity contribution is 0.277. The number of hydrogen-bond acceptors (Lipinski definition) is 1. The molecule has 1 N–H and O–H groups in total. The van der Waals surface area contributed by atoms with Gasteiger partial charge in [-0.2, -0.15) is 0 Å². The van der Waals surface area contributed by atoms with Crippen molar-refractivity contribution in [2.24, 2.45) is 10.4 Å². The van der Waals surface area contributed by atoms with Crippen LogP contribution < -0.4 is 5.32 Å². The van der Waals surface area contributed by atoms with Gasteiger partial charge < -0.3 is 5.32 Å². The topological polar surface area (TPSA) is 24.4 Å². The number of anilines is 1. The zero-order valence-corrected chi connectivity index (χ0v) is 15.5. The Morgan fingerprint density at radius 2 is 1.84 bits per heavy atom. The van der Waals surface area contributed by atoms with Crippen LogP contribution in [-0.4, -0.2) is 5.84 Å². The first-order valence-electron chi connectivity index (χ1n) is 9.35.